The minimum Gasteiger partial charge on any atom is -0.434 e. The molecule has 0 radical (unpaired) electrons. The topological polar surface area (TPSA) is 21.3 Å². The fraction of sp³-hybridized carbons (Fsp3) is 0.375. The second-order valence-corrected chi connectivity index (χ2v) is 5.76. The normalized spacial score (nSPS) is 14.1. The van der Waals surface area contributed by atoms with Crippen LogP contribution in [-0.2, 0) is 0 Å². The van der Waals surface area contributed by atoms with E-state index < -0.39 is 6.61 Å². The zero-order valence-corrected chi connectivity index (χ0v) is 12.9. The molecule has 1 aromatic heterocycles. The third-order valence-corrected chi connectivity index (χ3v) is 4.33. The number of thiophene rings is 1. The van der Waals surface area contributed by atoms with Gasteiger partial charge in [0, 0.05) is 22.5 Å². The molecule has 21 heavy (non-hydrogen) atoms. The van der Waals surface area contributed by atoms with Crippen LogP contribution < -0.4 is 10.1 Å². The van der Waals surface area contributed by atoms with Gasteiger partial charge in [-0.3, -0.25) is 0 Å². The molecule has 1 heterocycles. The fourth-order valence-electron chi connectivity index (χ4n) is 2.32. The molecule has 0 fully saturated rings. The average molecular weight is 311 g/mol. The Labute approximate surface area is 127 Å². The van der Waals surface area contributed by atoms with E-state index in [1.165, 1.54) is 4.88 Å². The molecule has 0 aliphatic heterocycles. The minimum atomic E-state index is -2.81. The van der Waals surface area contributed by atoms with Crippen molar-refractivity contribution in [3.63, 3.8) is 0 Å². The predicted octanol–water partition coefficient (Wildman–Crippen LogP) is 5.15. The number of para-hydroxylation sites is 1. The van der Waals surface area contributed by atoms with Gasteiger partial charge in [0.15, 0.2) is 0 Å². The van der Waals surface area contributed by atoms with Gasteiger partial charge in [-0.05, 0) is 30.9 Å². The summed E-state index contributed by atoms with van der Waals surface area (Å²) in [5.74, 6) is 0.230. The second-order valence-electron chi connectivity index (χ2n) is 4.78. The smallest absolute Gasteiger partial charge is 0.387 e. The van der Waals surface area contributed by atoms with Crippen molar-refractivity contribution >= 4 is 11.3 Å². The molecule has 114 valence electrons. The average Bonchev–Trinajstić information content (AvgIpc) is 2.98. The van der Waals surface area contributed by atoms with Gasteiger partial charge < -0.3 is 10.1 Å². The summed E-state index contributed by atoms with van der Waals surface area (Å²) in [6.07, 6.45) is 0.933. The van der Waals surface area contributed by atoms with E-state index in [-0.39, 0.29) is 17.8 Å². The van der Waals surface area contributed by atoms with Crippen molar-refractivity contribution in [1.82, 2.24) is 5.32 Å². The summed E-state index contributed by atoms with van der Waals surface area (Å²) >= 11 is 1.69. The van der Waals surface area contributed by atoms with Gasteiger partial charge in [-0.1, -0.05) is 31.2 Å². The Morgan fingerprint density at radius 3 is 2.57 bits per heavy atom. The molecule has 2 rings (SSSR count). The van der Waals surface area contributed by atoms with E-state index in [1.807, 2.05) is 30.5 Å². The highest BCUT2D eigenvalue weighted by Gasteiger charge is 2.18. The molecule has 1 aromatic carbocycles. The predicted molar refractivity (Wildman–Crippen MR) is 82.0 cm³/mol. The third-order valence-electron chi connectivity index (χ3n) is 3.35. The Morgan fingerprint density at radius 1 is 1.19 bits per heavy atom. The van der Waals surface area contributed by atoms with Crippen LogP contribution >= 0.6 is 11.3 Å². The van der Waals surface area contributed by atoms with Crippen LogP contribution in [0.4, 0.5) is 8.78 Å². The summed E-state index contributed by atoms with van der Waals surface area (Å²) in [7, 11) is 0. The van der Waals surface area contributed by atoms with Crippen molar-refractivity contribution in [2.45, 2.75) is 39.0 Å². The monoisotopic (exact) mass is 311 g/mol. The number of rotatable bonds is 7. The highest BCUT2D eigenvalue weighted by Crippen LogP contribution is 2.30. The molecule has 0 amide bonds. The number of benzene rings is 1. The molecule has 0 aliphatic rings. The van der Waals surface area contributed by atoms with Crippen LogP contribution in [0.1, 0.15) is 42.8 Å². The van der Waals surface area contributed by atoms with Gasteiger partial charge in [0.25, 0.3) is 0 Å². The molecule has 0 saturated carbocycles. The standard InChI is InChI=1S/C16H19F2NOS/c1-3-13(15-9-6-10-21-15)19-11(2)12-7-4-5-8-14(12)20-16(17)18/h4-11,13,16,19H,3H2,1-2H3. The van der Waals surface area contributed by atoms with E-state index in [4.69, 9.17) is 0 Å². The number of nitrogens with one attached hydrogen (secondary N) is 1. The quantitative estimate of drug-likeness (QED) is 0.763. The number of hydrogen-bond donors (Lipinski definition) is 1. The van der Waals surface area contributed by atoms with Crippen LogP contribution in [0.3, 0.4) is 0 Å². The fourth-order valence-corrected chi connectivity index (χ4v) is 3.19. The van der Waals surface area contributed by atoms with Crippen LogP contribution in [0.5, 0.6) is 5.75 Å². The van der Waals surface area contributed by atoms with Crippen LogP contribution in [0.15, 0.2) is 41.8 Å². The molecule has 2 unspecified atom stereocenters. The van der Waals surface area contributed by atoms with E-state index in [9.17, 15) is 8.78 Å². The molecule has 0 bridgehead atoms. The summed E-state index contributed by atoms with van der Waals surface area (Å²) < 4.78 is 29.6. The molecule has 2 aromatic rings. The molecule has 2 atom stereocenters. The lowest BCUT2D eigenvalue weighted by Gasteiger charge is -2.23. The lowest BCUT2D eigenvalue weighted by atomic mass is 10.0. The lowest BCUT2D eigenvalue weighted by Crippen LogP contribution is -2.24. The lowest BCUT2D eigenvalue weighted by molar-refractivity contribution is -0.0506. The number of alkyl halides is 2. The second kappa shape index (κ2) is 7.52. The van der Waals surface area contributed by atoms with Gasteiger partial charge in [0.1, 0.15) is 5.75 Å². The molecule has 0 aliphatic carbocycles. The summed E-state index contributed by atoms with van der Waals surface area (Å²) in [5, 5.41) is 5.52. The Kier molecular flexibility index (Phi) is 5.70. The highest BCUT2D eigenvalue weighted by molar-refractivity contribution is 7.10. The van der Waals surface area contributed by atoms with Crippen molar-refractivity contribution in [3.05, 3.63) is 52.2 Å². The zero-order valence-electron chi connectivity index (χ0n) is 12.1. The van der Waals surface area contributed by atoms with Gasteiger partial charge >= 0.3 is 6.61 Å². The van der Waals surface area contributed by atoms with Gasteiger partial charge in [0.05, 0.1) is 0 Å². The Bertz CT molecular complexity index is 545. The SMILES string of the molecule is CCC(NC(C)c1ccccc1OC(F)F)c1cccs1. The van der Waals surface area contributed by atoms with Crippen LogP contribution in [0, 0.1) is 0 Å². The largest absolute Gasteiger partial charge is 0.434 e. The van der Waals surface area contributed by atoms with Gasteiger partial charge in [-0.15, -0.1) is 11.3 Å². The maximum atomic E-state index is 12.5. The Balaban J connectivity index is 2.14. The van der Waals surface area contributed by atoms with Crippen LogP contribution in [0.25, 0.3) is 0 Å². The van der Waals surface area contributed by atoms with Gasteiger partial charge in [-0.2, -0.15) is 8.78 Å². The zero-order chi connectivity index (χ0) is 15.2. The molecule has 1 N–H and O–H groups in total. The summed E-state index contributed by atoms with van der Waals surface area (Å²) in [6, 6.07) is 11.2. The molecule has 2 nitrogen and oxygen atoms in total. The Morgan fingerprint density at radius 2 is 1.95 bits per heavy atom. The van der Waals surface area contributed by atoms with E-state index in [0.29, 0.717) is 0 Å². The van der Waals surface area contributed by atoms with Crippen molar-refractivity contribution in [1.29, 1.82) is 0 Å². The van der Waals surface area contributed by atoms with Gasteiger partial charge in [0.2, 0.25) is 0 Å². The molecular weight excluding hydrogens is 292 g/mol. The van der Waals surface area contributed by atoms with E-state index in [1.54, 1.807) is 23.5 Å². The van der Waals surface area contributed by atoms with Crippen LogP contribution in [-0.4, -0.2) is 6.61 Å². The number of ether oxygens (including phenoxy) is 1. The van der Waals surface area contributed by atoms with E-state index in [2.05, 4.69) is 23.0 Å². The number of hydrogen-bond acceptors (Lipinski definition) is 3. The maximum Gasteiger partial charge on any atom is 0.387 e. The number of halogens is 2. The maximum absolute atomic E-state index is 12.5. The first kappa shape index (κ1) is 15.9. The first-order chi connectivity index (χ1) is 10.1. The van der Waals surface area contributed by atoms with Gasteiger partial charge in [-0.25, -0.2) is 0 Å². The summed E-state index contributed by atoms with van der Waals surface area (Å²) in [5.41, 5.74) is 0.743. The summed E-state index contributed by atoms with van der Waals surface area (Å²) in [6.45, 7) is 1.26. The Hall–Kier alpha value is -1.46. The molecule has 5 heteroatoms. The van der Waals surface area contributed by atoms with Crippen molar-refractivity contribution < 1.29 is 13.5 Å². The highest BCUT2D eigenvalue weighted by atomic mass is 32.1. The minimum absolute atomic E-state index is 0.0769. The summed E-state index contributed by atoms with van der Waals surface area (Å²) in [4.78, 5) is 1.25. The first-order valence-electron chi connectivity index (χ1n) is 6.95. The van der Waals surface area contributed by atoms with E-state index >= 15 is 0 Å². The molecule has 0 spiro atoms. The van der Waals surface area contributed by atoms with Crippen LogP contribution in [0.2, 0.25) is 0 Å². The molecule has 0 saturated heterocycles. The third kappa shape index (κ3) is 4.25. The van der Waals surface area contributed by atoms with Crippen molar-refractivity contribution in [2.24, 2.45) is 0 Å². The van der Waals surface area contributed by atoms with Crippen molar-refractivity contribution in [2.75, 3.05) is 0 Å². The molecular formula is C16H19F2NOS. The van der Waals surface area contributed by atoms with Crippen molar-refractivity contribution in [3.8, 4) is 5.75 Å². The first-order valence-corrected chi connectivity index (χ1v) is 7.83. The van der Waals surface area contributed by atoms with E-state index in [0.717, 1.165) is 12.0 Å².